The number of anilines is 3. The number of nitrogen functional groups attached to an aromatic ring is 1. The fourth-order valence-corrected chi connectivity index (χ4v) is 2.32. The number of nitrogens with two attached hydrogens (primary N) is 1. The van der Waals surface area contributed by atoms with Crippen molar-refractivity contribution in [2.45, 2.75) is 6.92 Å². The van der Waals surface area contributed by atoms with Gasteiger partial charge in [-0.1, -0.05) is 54.6 Å². The molecule has 0 amide bonds. The minimum Gasteiger partial charge on any atom is -0.397 e. The number of hydrogen-bond donors (Lipinski definition) is 2. The van der Waals surface area contributed by atoms with Crippen molar-refractivity contribution in [3.8, 4) is 11.1 Å². The number of hydrogen-bond acceptors (Lipinski definition) is 2. The molecular formula is C19H18N2. The predicted molar refractivity (Wildman–Crippen MR) is 90.8 cm³/mol. The van der Waals surface area contributed by atoms with E-state index >= 15 is 0 Å². The van der Waals surface area contributed by atoms with Crippen LogP contribution in [0.5, 0.6) is 0 Å². The van der Waals surface area contributed by atoms with E-state index in [0.29, 0.717) is 0 Å². The van der Waals surface area contributed by atoms with Crippen molar-refractivity contribution < 1.29 is 0 Å². The summed E-state index contributed by atoms with van der Waals surface area (Å²) in [5.41, 5.74) is 12.4. The standard InChI is InChI=1S/C19H18N2/c1-14-6-5-9-18(19(14)20)21-17-12-10-16(11-13-17)15-7-3-2-4-8-15/h2-13,21H,20H2,1H3. The Morgan fingerprint density at radius 1 is 0.714 bits per heavy atom. The maximum atomic E-state index is 6.09. The molecular weight excluding hydrogens is 256 g/mol. The summed E-state index contributed by atoms with van der Waals surface area (Å²) in [7, 11) is 0. The van der Waals surface area contributed by atoms with Crippen molar-refractivity contribution in [2.75, 3.05) is 11.1 Å². The highest BCUT2D eigenvalue weighted by Gasteiger charge is 2.02. The zero-order valence-electron chi connectivity index (χ0n) is 12.0. The summed E-state index contributed by atoms with van der Waals surface area (Å²) in [6.45, 7) is 2.01. The zero-order valence-corrected chi connectivity index (χ0v) is 12.0. The van der Waals surface area contributed by atoms with Crippen LogP contribution < -0.4 is 11.1 Å². The monoisotopic (exact) mass is 274 g/mol. The Balaban J connectivity index is 1.83. The summed E-state index contributed by atoms with van der Waals surface area (Å²) < 4.78 is 0. The number of rotatable bonds is 3. The van der Waals surface area contributed by atoms with E-state index in [-0.39, 0.29) is 0 Å². The van der Waals surface area contributed by atoms with Gasteiger partial charge in [0.2, 0.25) is 0 Å². The van der Waals surface area contributed by atoms with E-state index in [1.165, 1.54) is 11.1 Å². The lowest BCUT2D eigenvalue weighted by Crippen LogP contribution is -1.98. The highest BCUT2D eigenvalue weighted by molar-refractivity contribution is 5.76. The summed E-state index contributed by atoms with van der Waals surface area (Å²) in [6.07, 6.45) is 0. The topological polar surface area (TPSA) is 38.0 Å². The summed E-state index contributed by atoms with van der Waals surface area (Å²) in [5.74, 6) is 0. The quantitative estimate of drug-likeness (QED) is 0.660. The summed E-state index contributed by atoms with van der Waals surface area (Å²) in [5, 5.41) is 3.37. The normalized spacial score (nSPS) is 10.3. The maximum absolute atomic E-state index is 6.09. The zero-order chi connectivity index (χ0) is 14.7. The van der Waals surface area contributed by atoms with E-state index in [9.17, 15) is 0 Å². The van der Waals surface area contributed by atoms with E-state index < -0.39 is 0 Å². The van der Waals surface area contributed by atoms with Gasteiger partial charge in [0.25, 0.3) is 0 Å². The minimum atomic E-state index is 0.796. The Hall–Kier alpha value is -2.74. The molecule has 0 saturated heterocycles. The van der Waals surface area contributed by atoms with Crippen LogP contribution in [0.2, 0.25) is 0 Å². The summed E-state index contributed by atoms with van der Waals surface area (Å²) in [6, 6.07) is 24.7. The second-order valence-corrected chi connectivity index (χ2v) is 5.10. The smallest absolute Gasteiger partial charge is 0.0620 e. The molecule has 0 aliphatic rings. The molecule has 0 aliphatic carbocycles. The molecule has 0 saturated carbocycles. The van der Waals surface area contributed by atoms with Gasteiger partial charge < -0.3 is 11.1 Å². The first-order chi connectivity index (χ1) is 10.2. The number of aryl methyl sites for hydroxylation is 1. The highest BCUT2D eigenvalue weighted by Crippen LogP contribution is 2.27. The molecule has 0 aliphatic heterocycles. The highest BCUT2D eigenvalue weighted by atomic mass is 14.9. The van der Waals surface area contributed by atoms with Gasteiger partial charge in [-0.25, -0.2) is 0 Å². The third kappa shape index (κ3) is 2.90. The molecule has 0 bridgehead atoms. The second kappa shape index (κ2) is 5.71. The lowest BCUT2D eigenvalue weighted by Gasteiger charge is -2.11. The molecule has 0 atom stereocenters. The first-order valence-corrected chi connectivity index (χ1v) is 7.01. The van der Waals surface area contributed by atoms with Crippen LogP contribution in [0.3, 0.4) is 0 Å². The van der Waals surface area contributed by atoms with Gasteiger partial charge in [0.15, 0.2) is 0 Å². The summed E-state index contributed by atoms with van der Waals surface area (Å²) >= 11 is 0. The van der Waals surface area contributed by atoms with Gasteiger partial charge in [-0.3, -0.25) is 0 Å². The molecule has 0 radical (unpaired) electrons. The van der Waals surface area contributed by atoms with Crippen LogP contribution in [0.4, 0.5) is 17.1 Å². The number of benzene rings is 3. The first kappa shape index (κ1) is 13.3. The molecule has 0 fully saturated rings. The van der Waals surface area contributed by atoms with Crippen molar-refractivity contribution in [3.63, 3.8) is 0 Å². The van der Waals surface area contributed by atoms with E-state index in [0.717, 1.165) is 22.6 Å². The average Bonchev–Trinajstić information content (AvgIpc) is 2.53. The lowest BCUT2D eigenvalue weighted by molar-refractivity contribution is 1.45. The largest absolute Gasteiger partial charge is 0.397 e. The maximum Gasteiger partial charge on any atom is 0.0620 e. The van der Waals surface area contributed by atoms with Gasteiger partial charge in [0.05, 0.1) is 11.4 Å². The van der Waals surface area contributed by atoms with Gasteiger partial charge in [-0.2, -0.15) is 0 Å². The molecule has 0 aromatic heterocycles. The van der Waals surface area contributed by atoms with E-state index in [2.05, 4.69) is 53.8 Å². The summed E-state index contributed by atoms with van der Waals surface area (Å²) in [4.78, 5) is 0. The van der Waals surface area contributed by atoms with Gasteiger partial charge >= 0.3 is 0 Å². The molecule has 2 nitrogen and oxygen atoms in total. The van der Waals surface area contributed by atoms with Crippen molar-refractivity contribution in [2.24, 2.45) is 0 Å². The molecule has 3 rings (SSSR count). The van der Waals surface area contributed by atoms with Gasteiger partial charge in [0.1, 0.15) is 0 Å². The predicted octanol–water partition coefficient (Wildman–Crippen LogP) is 4.99. The SMILES string of the molecule is Cc1cccc(Nc2ccc(-c3ccccc3)cc2)c1N. The Morgan fingerprint density at radius 3 is 2.10 bits per heavy atom. The molecule has 3 N–H and O–H groups in total. The van der Waals surface area contributed by atoms with Crippen LogP contribution >= 0.6 is 0 Å². The van der Waals surface area contributed by atoms with Crippen LogP contribution in [0, 0.1) is 6.92 Å². The van der Waals surface area contributed by atoms with Gasteiger partial charge in [-0.15, -0.1) is 0 Å². The van der Waals surface area contributed by atoms with Crippen molar-refractivity contribution in [3.05, 3.63) is 78.4 Å². The van der Waals surface area contributed by atoms with Gasteiger partial charge in [-0.05, 0) is 41.8 Å². The van der Waals surface area contributed by atoms with Gasteiger partial charge in [0, 0.05) is 5.69 Å². The minimum absolute atomic E-state index is 0.796. The van der Waals surface area contributed by atoms with Crippen molar-refractivity contribution in [1.29, 1.82) is 0 Å². The Bertz CT molecular complexity index is 731. The molecule has 0 spiro atoms. The van der Waals surface area contributed by atoms with Crippen LogP contribution in [-0.2, 0) is 0 Å². The van der Waals surface area contributed by atoms with E-state index in [1.54, 1.807) is 0 Å². The third-order valence-corrected chi connectivity index (χ3v) is 3.60. The number of para-hydroxylation sites is 1. The van der Waals surface area contributed by atoms with Crippen LogP contribution in [0.15, 0.2) is 72.8 Å². The average molecular weight is 274 g/mol. The Morgan fingerprint density at radius 2 is 1.38 bits per heavy atom. The fraction of sp³-hybridized carbons (Fsp3) is 0.0526. The van der Waals surface area contributed by atoms with Crippen LogP contribution in [0.25, 0.3) is 11.1 Å². The molecule has 2 heteroatoms. The van der Waals surface area contributed by atoms with Crippen molar-refractivity contribution >= 4 is 17.1 Å². The first-order valence-electron chi connectivity index (χ1n) is 7.01. The number of nitrogens with one attached hydrogen (secondary N) is 1. The Labute approximate surface area is 125 Å². The Kier molecular flexibility index (Phi) is 3.61. The van der Waals surface area contributed by atoms with Crippen LogP contribution in [-0.4, -0.2) is 0 Å². The molecule has 0 unspecified atom stereocenters. The third-order valence-electron chi connectivity index (χ3n) is 3.60. The fourth-order valence-electron chi connectivity index (χ4n) is 2.32. The lowest BCUT2D eigenvalue weighted by atomic mass is 10.1. The molecule has 0 heterocycles. The van der Waals surface area contributed by atoms with Crippen molar-refractivity contribution in [1.82, 2.24) is 0 Å². The second-order valence-electron chi connectivity index (χ2n) is 5.10. The van der Waals surface area contributed by atoms with E-state index in [4.69, 9.17) is 5.73 Å². The van der Waals surface area contributed by atoms with E-state index in [1.807, 2.05) is 31.2 Å². The van der Waals surface area contributed by atoms with Crippen LogP contribution in [0.1, 0.15) is 5.56 Å². The molecule has 104 valence electrons. The molecule has 21 heavy (non-hydrogen) atoms. The molecule has 3 aromatic carbocycles. The molecule has 3 aromatic rings.